The van der Waals surface area contributed by atoms with Gasteiger partial charge >= 0.3 is 0 Å². The highest BCUT2D eigenvalue weighted by molar-refractivity contribution is 5.27. The second kappa shape index (κ2) is 6.98. The molecule has 19 heavy (non-hydrogen) atoms. The van der Waals surface area contributed by atoms with Crippen LogP contribution < -0.4 is 5.32 Å². The van der Waals surface area contributed by atoms with Crippen molar-refractivity contribution in [2.24, 2.45) is 0 Å². The molecule has 1 aliphatic rings. The van der Waals surface area contributed by atoms with E-state index in [4.69, 9.17) is 9.47 Å². The summed E-state index contributed by atoms with van der Waals surface area (Å²) in [5.41, 5.74) is 1.86. The van der Waals surface area contributed by atoms with Crippen molar-refractivity contribution in [1.82, 2.24) is 5.32 Å². The molecule has 1 fully saturated rings. The molecule has 1 aromatic rings. The van der Waals surface area contributed by atoms with Crippen molar-refractivity contribution in [3.63, 3.8) is 0 Å². The van der Waals surface area contributed by atoms with Crippen molar-refractivity contribution < 1.29 is 13.9 Å². The molecule has 2 atom stereocenters. The first kappa shape index (κ1) is 14.4. The predicted octanol–water partition coefficient (Wildman–Crippen LogP) is 2.59. The molecule has 0 radical (unpaired) electrons. The van der Waals surface area contributed by atoms with Crippen LogP contribution in [0.2, 0.25) is 0 Å². The maximum absolute atomic E-state index is 13.6. The average molecular weight is 267 g/mol. The summed E-state index contributed by atoms with van der Waals surface area (Å²) in [5, 5.41) is 3.44. The zero-order chi connectivity index (χ0) is 13.7. The number of hydrogen-bond acceptors (Lipinski definition) is 3. The second-order valence-corrected chi connectivity index (χ2v) is 4.98. The van der Waals surface area contributed by atoms with E-state index in [1.54, 1.807) is 12.1 Å². The Balaban J connectivity index is 2.19. The molecule has 0 aliphatic carbocycles. The van der Waals surface area contributed by atoms with E-state index in [1.165, 1.54) is 0 Å². The summed E-state index contributed by atoms with van der Waals surface area (Å²) in [6.45, 7) is 6.68. The monoisotopic (exact) mass is 267 g/mol. The summed E-state index contributed by atoms with van der Waals surface area (Å²) < 4.78 is 24.8. The second-order valence-electron chi connectivity index (χ2n) is 4.98. The van der Waals surface area contributed by atoms with Crippen LogP contribution in [-0.2, 0) is 9.47 Å². The van der Waals surface area contributed by atoms with Crippen LogP contribution >= 0.6 is 0 Å². The molecule has 2 rings (SSSR count). The zero-order valence-corrected chi connectivity index (χ0v) is 11.6. The Kier molecular flexibility index (Phi) is 5.31. The Morgan fingerprint density at radius 3 is 2.84 bits per heavy atom. The largest absolute Gasteiger partial charge is 0.376 e. The highest BCUT2D eigenvalue weighted by atomic mass is 19.1. The van der Waals surface area contributed by atoms with Gasteiger partial charge in [-0.05, 0) is 43.1 Å². The number of nitrogens with one attached hydrogen (secondary N) is 1. The topological polar surface area (TPSA) is 30.5 Å². The van der Waals surface area contributed by atoms with Gasteiger partial charge in [-0.3, -0.25) is 0 Å². The van der Waals surface area contributed by atoms with Crippen molar-refractivity contribution >= 4 is 0 Å². The molecule has 1 N–H and O–H groups in total. The number of rotatable bonds is 5. The normalized spacial score (nSPS) is 21.3. The first-order chi connectivity index (χ1) is 9.20. The Labute approximate surface area is 114 Å². The minimum atomic E-state index is -0.199. The molecule has 0 spiro atoms. The van der Waals surface area contributed by atoms with E-state index in [0.29, 0.717) is 19.8 Å². The SMILES string of the molecule is CCCNC(c1cc(C)cc(F)c1)C1COCCO1. The molecule has 1 saturated heterocycles. The van der Waals surface area contributed by atoms with Gasteiger partial charge in [0, 0.05) is 0 Å². The highest BCUT2D eigenvalue weighted by Crippen LogP contribution is 2.23. The van der Waals surface area contributed by atoms with Crippen LogP contribution in [0.15, 0.2) is 18.2 Å². The van der Waals surface area contributed by atoms with E-state index in [9.17, 15) is 4.39 Å². The number of ether oxygens (including phenoxy) is 2. The number of halogens is 1. The number of hydrogen-bond donors (Lipinski definition) is 1. The van der Waals surface area contributed by atoms with Crippen LogP contribution in [-0.4, -0.2) is 32.5 Å². The van der Waals surface area contributed by atoms with Crippen LogP contribution in [0.1, 0.15) is 30.5 Å². The molecule has 106 valence electrons. The summed E-state index contributed by atoms with van der Waals surface area (Å²) in [4.78, 5) is 0. The van der Waals surface area contributed by atoms with Gasteiger partial charge in [-0.25, -0.2) is 4.39 Å². The molecule has 4 heteroatoms. The van der Waals surface area contributed by atoms with Gasteiger partial charge in [0.1, 0.15) is 11.9 Å². The molecular weight excluding hydrogens is 245 g/mol. The summed E-state index contributed by atoms with van der Waals surface area (Å²) in [6, 6.07) is 5.11. The lowest BCUT2D eigenvalue weighted by molar-refractivity contribution is -0.102. The van der Waals surface area contributed by atoms with E-state index in [2.05, 4.69) is 12.2 Å². The average Bonchev–Trinajstić information content (AvgIpc) is 2.39. The Morgan fingerprint density at radius 1 is 1.37 bits per heavy atom. The maximum Gasteiger partial charge on any atom is 0.123 e. The summed E-state index contributed by atoms with van der Waals surface area (Å²) in [6.07, 6.45) is 0.972. The van der Waals surface area contributed by atoms with Crippen molar-refractivity contribution in [2.45, 2.75) is 32.4 Å². The molecule has 0 aromatic heterocycles. The third-order valence-corrected chi connectivity index (χ3v) is 3.25. The summed E-state index contributed by atoms with van der Waals surface area (Å²) in [7, 11) is 0. The first-order valence-corrected chi connectivity index (χ1v) is 6.90. The fraction of sp³-hybridized carbons (Fsp3) is 0.600. The summed E-state index contributed by atoms with van der Waals surface area (Å²) in [5.74, 6) is -0.199. The number of aryl methyl sites for hydroxylation is 1. The van der Waals surface area contributed by atoms with E-state index in [1.807, 2.05) is 13.0 Å². The number of benzene rings is 1. The van der Waals surface area contributed by atoms with E-state index < -0.39 is 0 Å². The quantitative estimate of drug-likeness (QED) is 0.889. The molecule has 0 saturated carbocycles. The third kappa shape index (κ3) is 4.00. The van der Waals surface area contributed by atoms with Gasteiger partial charge in [-0.2, -0.15) is 0 Å². The van der Waals surface area contributed by atoms with Gasteiger partial charge in [0.2, 0.25) is 0 Å². The predicted molar refractivity (Wildman–Crippen MR) is 72.7 cm³/mol. The first-order valence-electron chi connectivity index (χ1n) is 6.90. The molecule has 2 unspecified atom stereocenters. The Hall–Kier alpha value is -0.970. The maximum atomic E-state index is 13.6. The lowest BCUT2D eigenvalue weighted by atomic mass is 9.99. The molecule has 1 heterocycles. The fourth-order valence-corrected chi connectivity index (χ4v) is 2.41. The van der Waals surface area contributed by atoms with Gasteiger partial charge in [0.15, 0.2) is 0 Å². The van der Waals surface area contributed by atoms with Crippen LogP contribution in [0.3, 0.4) is 0 Å². The minimum absolute atomic E-state index is 0.0188. The van der Waals surface area contributed by atoms with Crippen LogP contribution in [0.4, 0.5) is 4.39 Å². The Bertz CT molecular complexity index is 385. The van der Waals surface area contributed by atoms with Gasteiger partial charge in [-0.1, -0.05) is 13.0 Å². The van der Waals surface area contributed by atoms with Gasteiger partial charge in [0.05, 0.1) is 25.9 Å². The standard InChI is InChI=1S/C15H22FNO2/c1-3-4-17-15(14-10-18-5-6-19-14)12-7-11(2)8-13(16)9-12/h7-9,14-15,17H,3-6,10H2,1-2H3. The molecule has 3 nitrogen and oxygen atoms in total. The van der Waals surface area contributed by atoms with Gasteiger partial charge in [-0.15, -0.1) is 0 Å². The van der Waals surface area contributed by atoms with Gasteiger partial charge in [0.25, 0.3) is 0 Å². The highest BCUT2D eigenvalue weighted by Gasteiger charge is 2.26. The fourth-order valence-electron chi connectivity index (χ4n) is 2.41. The molecule has 0 amide bonds. The Morgan fingerprint density at radius 2 is 2.21 bits per heavy atom. The lowest BCUT2D eigenvalue weighted by Gasteiger charge is -2.31. The van der Waals surface area contributed by atoms with Crippen LogP contribution in [0.5, 0.6) is 0 Å². The molecular formula is C15H22FNO2. The lowest BCUT2D eigenvalue weighted by Crippen LogP contribution is -2.41. The van der Waals surface area contributed by atoms with Gasteiger partial charge < -0.3 is 14.8 Å². The molecule has 1 aliphatic heterocycles. The van der Waals surface area contributed by atoms with Crippen LogP contribution in [0, 0.1) is 12.7 Å². The van der Waals surface area contributed by atoms with Crippen molar-refractivity contribution in [3.8, 4) is 0 Å². The van der Waals surface area contributed by atoms with Crippen molar-refractivity contribution in [1.29, 1.82) is 0 Å². The van der Waals surface area contributed by atoms with Crippen LogP contribution in [0.25, 0.3) is 0 Å². The molecule has 1 aromatic carbocycles. The van der Waals surface area contributed by atoms with E-state index in [0.717, 1.165) is 24.1 Å². The zero-order valence-electron chi connectivity index (χ0n) is 11.6. The molecule has 0 bridgehead atoms. The third-order valence-electron chi connectivity index (χ3n) is 3.25. The van der Waals surface area contributed by atoms with E-state index in [-0.39, 0.29) is 18.0 Å². The van der Waals surface area contributed by atoms with Crippen molar-refractivity contribution in [3.05, 3.63) is 35.1 Å². The van der Waals surface area contributed by atoms with E-state index >= 15 is 0 Å². The summed E-state index contributed by atoms with van der Waals surface area (Å²) >= 11 is 0. The minimum Gasteiger partial charge on any atom is -0.376 e. The van der Waals surface area contributed by atoms with Crippen molar-refractivity contribution in [2.75, 3.05) is 26.4 Å². The smallest absolute Gasteiger partial charge is 0.123 e.